The van der Waals surface area contributed by atoms with Gasteiger partial charge in [0, 0.05) is 61.7 Å². The Hall–Kier alpha value is -2.49. The molecular weight excluding hydrogens is 490 g/mol. The molecule has 0 spiro atoms. The van der Waals surface area contributed by atoms with E-state index in [1.165, 1.54) is 11.8 Å². The molecule has 0 unspecified atom stereocenters. The van der Waals surface area contributed by atoms with Crippen molar-refractivity contribution in [2.24, 2.45) is 4.99 Å². The number of hydrogen-bond donors (Lipinski definition) is 0. The molecule has 0 N–H and O–H groups in total. The molecule has 34 heavy (non-hydrogen) atoms. The summed E-state index contributed by atoms with van der Waals surface area (Å²) in [7, 11) is 0. The first-order valence-corrected chi connectivity index (χ1v) is 13.7. The van der Waals surface area contributed by atoms with Gasteiger partial charge >= 0.3 is 0 Å². The minimum Gasteiger partial charge on any atom is -0.352 e. The Morgan fingerprint density at radius 2 is 1.91 bits per heavy atom. The summed E-state index contributed by atoms with van der Waals surface area (Å²) in [4.78, 5) is 39.6. The molecule has 0 radical (unpaired) electrons. The molecular formula is C24H24ClN5O2S2. The summed E-state index contributed by atoms with van der Waals surface area (Å²) in [5.74, 6) is 2.99. The highest BCUT2D eigenvalue weighted by atomic mass is 35.5. The number of amides is 2. The van der Waals surface area contributed by atoms with Crippen LogP contribution in [0.25, 0.3) is 6.08 Å². The van der Waals surface area contributed by atoms with Crippen LogP contribution in [0, 0.1) is 0 Å². The van der Waals surface area contributed by atoms with Gasteiger partial charge in [-0.25, -0.2) is 4.98 Å². The summed E-state index contributed by atoms with van der Waals surface area (Å²) in [6, 6.07) is 11.4. The number of carbonyl (C=O) groups is 2. The molecule has 3 aliphatic heterocycles. The van der Waals surface area contributed by atoms with E-state index < -0.39 is 0 Å². The fourth-order valence-corrected chi connectivity index (χ4v) is 6.19. The summed E-state index contributed by atoms with van der Waals surface area (Å²) < 4.78 is 0. The highest BCUT2D eigenvalue weighted by Gasteiger charge is 2.26. The van der Waals surface area contributed by atoms with Crippen molar-refractivity contribution in [3.05, 3.63) is 64.4 Å². The van der Waals surface area contributed by atoms with Crippen LogP contribution in [0.4, 0.5) is 5.82 Å². The van der Waals surface area contributed by atoms with E-state index in [4.69, 9.17) is 11.6 Å². The number of pyridine rings is 1. The standard InChI is InChI=1S/C24H24ClN5O2S2/c25-20-5-2-6-26-22(20)28-7-9-29(10-8-28)23(32)18-4-1-3-17(13-18)14-19-15-33-12-11-30(19)24-27-21(31)16-34-24/h1-6,13-14H,7-12,15-16H2/b19-14+. The Morgan fingerprint density at radius 1 is 1.06 bits per heavy atom. The van der Waals surface area contributed by atoms with Crippen LogP contribution in [0.2, 0.25) is 5.02 Å². The number of rotatable bonds is 3. The number of amidine groups is 1. The molecule has 7 nitrogen and oxygen atoms in total. The molecule has 3 aliphatic rings. The Balaban J connectivity index is 1.28. The first-order chi connectivity index (χ1) is 16.6. The average Bonchev–Trinajstić information content (AvgIpc) is 3.30. The lowest BCUT2D eigenvalue weighted by molar-refractivity contribution is -0.115. The molecule has 0 bridgehead atoms. The lowest BCUT2D eigenvalue weighted by Gasteiger charge is -2.35. The van der Waals surface area contributed by atoms with Gasteiger partial charge in [0.1, 0.15) is 5.82 Å². The molecule has 2 aromatic rings. The average molecular weight is 514 g/mol. The number of hydrogen-bond acceptors (Lipinski definition) is 7. The fourth-order valence-electron chi connectivity index (χ4n) is 4.20. The van der Waals surface area contributed by atoms with E-state index in [-0.39, 0.29) is 11.8 Å². The normalized spacial score (nSPS) is 20.1. The molecule has 2 saturated heterocycles. The van der Waals surface area contributed by atoms with Crippen LogP contribution in [-0.4, -0.2) is 81.7 Å². The van der Waals surface area contributed by atoms with Crippen molar-refractivity contribution in [1.82, 2.24) is 14.8 Å². The lowest BCUT2D eigenvalue weighted by Crippen LogP contribution is -2.49. The van der Waals surface area contributed by atoms with Gasteiger partial charge in [-0.2, -0.15) is 16.8 Å². The van der Waals surface area contributed by atoms with E-state index in [9.17, 15) is 9.59 Å². The van der Waals surface area contributed by atoms with Crippen molar-refractivity contribution in [2.75, 3.05) is 54.9 Å². The predicted octanol–water partition coefficient (Wildman–Crippen LogP) is 3.72. The van der Waals surface area contributed by atoms with E-state index in [2.05, 4.69) is 25.9 Å². The van der Waals surface area contributed by atoms with Crippen LogP contribution in [0.3, 0.4) is 0 Å². The minimum atomic E-state index is -0.0735. The zero-order chi connectivity index (χ0) is 23.5. The molecule has 1 aromatic heterocycles. The summed E-state index contributed by atoms with van der Waals surface area (Å²) in [5, 5.41) is 1.42. The number of thioether (sulfide) groups is 2. The third kappa shape index (κ3) is 5.11. The largest absolute Gasteiger partial charge is 0.352 e. The Kier molecular flexibility index (Phi) is 7.12. The van der Waals surface area contributed by atoms with Gasteiger partial charge in [-0.15, -0.1) is 0 Å². The molecule has 2 fully saturated rings. The predicted molar refractivity (Wildman–Crippen MR) is 141 cm³/mol. The fraction of sp³-hybridized carbons (Fsp3) is 0.333. The molecule has 0 aliphatic carbocycles. The summed E-state index contributed by atoms with van der Waals surface area (Å²) >= 11 is 9.65. The molecule has 0 atom stereocenters. The number of aliphatic imine (C=N–C) groups is 1. The van der Waals surface area contributed by atoms with Crippen LogP contribution < -0.4 is 4.90 Å². The Morgan fingerprint density at radius 3 is 2.68 bits per heavy atom. The third-order valence-electron chi connectivity index (χ3n) is 5.90. The monoisotopic (exact) mass is 513 g/mol. The van der Waals surface area contributed by atoms with Gasteiger partial charge in [-0.05, 0) is 35.9 Å². The number of aromatic nitrogens is 1. The second kappa shape index (κ2) is 10.4. The van der Waals surface area contributed by atoms with Gasteiger partial charge in [-0.1, -0.05) is 35.5 Å². The van der Waals surface area contributed by atoms with Crippen molar-refractivity contribution in [3.63, 3.8) is 0 Å². The minimum absolute atomic E-state index is 0.0308. The topological polar surface area (TPSA) is 69.1 Å². The molecule has 2 amide bonds. The zero-order valence-corrected chi connectivity index (χ0v) is 20.9. The van der Waals surface area contributed by atoms with Crippen LogP contribution in [-0.2, 0) is 4.79 Å². The van der Waals surface area contributed by atoms with Crippen LogP contribution in [0.1, 0.15) is 15.9 Å². The lowest BCUT2D eigenvalue weighted by atomic mass is 10.1. The van der Waals surface area contributed by atoms with Gasteiger partial charge in [0.2, 0.25) is 0 Å². The van der Waals surface area contributed by atoms with Gasteiger partial charge in [0.25, 0.3) is 11.8 Å². The highest BCUT2D eigenvalue weighted by Crippen LogP contribution is 2.28. The van der Waals surface area contributed by atoms with E-state index >= 15 is 0 Å². The van der Waals surface area contributed by atoms with Crippen LogP contribution in [0.5, 0.6) is 0 Å². The molecule has 176 valence electrons. The van der Waals surface area contributed by atoms with E-state index in [1.807, 2.05) is 53.1 Å². The van der Waals surface area contributed by atoms with Gasteiger partial charge in [0.05, 0.1) is 10.8 Å². The van der Waals surface area contributed by atoms with E-state index in [0.29, 0.717) is 42.5 Å². The number of benzene rings is 1. The smallest absolute Gasteiger partial charge is 0.258 e. The molecule has 5 rings (SSSR count). The maximum Gasteiger partial charge on any atom is 0.258 e. The molecule has 10 heteroatoms. The number of piperazine rings is 1. The van der Waals surface area contributed by atoms with Gasteiger partial charge in [-0.3, -0.25) is 9.59 Å². The van der Waals surface area contributed by atoms with Crippen molar-refractivity contribution < 1.29 is 9.59 Å². The summed E-state index contributed by atoms with van der Waals surface area (Å²) in [6.07, 6.45) is 3.84. The Bertz CT molecular complexity index is 1160. The quantitative estimate of drug-likeness (QED) is 0.619. The number of carbonyl (C=O) groups excluding carboxylic acids is 2. The van der Waals surface area contributed by atoms with Crippen molar-refractivity contribution in [1.29, 1.82) is 0 Å². The van der Waals surface area contributed by atoms with Crippen molar-refractivity contribution in [3.8, 4) is 0 Å². The van der Waals surface area contributed by atoms with Gasteiger partial charge in [0.15, 0.2) is 5.17 Å². The number of nitrogens with zero attached hydrogens (tertiary/aromatic N) is 5. The maximum atomic E-state index is 13.2. The number of halogens is 1. The number of anilines is 1. The van der Waals surface area contributed by atoms with Crippen LogP contribution in [0.15, 0.2) is 53.3 Å². The summed E-state index contributed by atoms with van der Waals surface area (Å²) in [5.41, 5.74) is 2.77. The molecule has 4 heterocycles. The second-order valence-corrected chi connectivity index (χ2v) is 10.6. The first kappa shape index (κ1) is 23.3. The first-order valence-electron chi connectivity index (χ1n) is 11.1. The second-order valence-electron chi connectivity index (χ2n) is 8.13. The van der Waals surface area contributed by atoms with Crippen molar-refractivity contribution >= 4 is 64.0 Å². The van der Waals surface area contributed by atoms with E-state index in [1.54, 1.807) is 6.20 Å². The molecule has 1 aromatic carbocycles. The maximum absolute atomic E-state index is 13.2. The van der Waals surface area contributed by atoms with E-state index in [0.717, 1.165) is 40.3 Å². The van der Waals surface area contributed by atoms with Crippen molar-refractivity contribution in [2.45, 2.75) is 0 Å². The van der Waals surface area contributed by atoms with Crippen LogP contribution >= 0.6 is 35.1 Å². The summed E-state index contributed by atoms with van der Waals surface area (Å²) in [6.45, 7) is 3.45. The highest BCUT2D eigenvalue weighted by molar-refractivity contribution is 8.14. The van der Waals surface area contributed by atoms with Gasteiger partial charge < -0.3 is 14.7 Å². The SMILES string of the molecule is O=C1CSC(N2CCSC/C2=C\c2cccc(C(=O)N3CCN(c4ncccc4Cl)CC3)c2)=N1. The zero-order valence-electron chi connectivity index (χ0n) is 18.5. The molecule has 0 saturated carbocycles. The Labute approximate surface area is 212 Å². The third-order valence-corrected chi connectivity index (χ3v) is 8.13.